The molecule has 0 aromatic carbocycles. The fourth-order valence-electron chi connectivity index (χ4n) is 8.70. The molecule has 3 fully saturated rings. The first-order valence-electron chi connectivity index (χ1n) is 12.8. The van der Waals surface area contributed by atoms with Crippen molar-refractivity contribution in [3.8, 4) is 0 Å². The van der Waals surface area contributed by atoms with Crippen molar-refractivity contribution in [3.05, 3.63) is 11.6 Å². The molecule has 2 N–H and O–H groups in total. The van der Waals surface area contributed by atoms with Crippen LogP contribution in [0.2, 0.25) is 0 Å². The van der Waals surface area contributed by atoms with Gasteiger partial charge in [0, 0.05) is 6.61 Å². The Morgan fingerprint density at radius 1 is 1.03 bits per heavy atom. The van der Waals surface area contributed by atoms with Crippen LogP contribution in [0, 0.1) is 46.3 Å². The second-order valence-corrected chi connectivity index (χ2v) is 12.1. The Kier molecular flexibility index (Phi) is 6.26. The van der Waals surface area contributed by atoms with Crippen LogP contribution in [0.1, 0.15) is 98.3 Å². The molecule has 1 unspecified atom stereocenters. The number of fused-ring (bicyclic) bond motifs is 5. The van der Waals surface area contributed by atoms with Crippen molar-refractivity contribution in [2.24, 2.45) is 46.3 Å². The minimum Gasteiger partial charge on any atom is -0.396 e. The summed E-state index contributed by atoms with van der Waals surface area (Å²) < 4.78 is 0. The van der Waals surface area contributed by atoms with E-state index in [1.165, 1.54) is 57.8 Å². The van der Waals surface area contributed by atoms with E-state index in [1.807, 2.05) is 0 Å². The van der Waals surface area contributed by atoms with Crippen LogP contribution in [0.15, 0.2) is 11.6 Å². The van der Waals surface area contributed by atoms with Crippen LogP contribution in [0.3, 0.4) is 0 Å². The smallest absolute Gasteiger partial charge is 0.0577 e. The molecule has 0 aliphatic heterocycles. The lowest BCUT2D eigenvalue weighted by Crippen LogP contribution is -2.50. The maximum absolute atomic E-state index is 10.2. The Bertz CT molecular complexity index is 612. The Morgan fingerprint density at radius 3 is 2.59 bits per heavy atom. The molecule has 0 radical (unpaired) electrons. The third kappa shape index (κ3) is 3.75. The Hall–Kier alpha value is -0.340. The molecule has 0 saturated heterocycles. The Morgan fingerprint density at radius 2 is 1.83 bits per heavy atom. The number of hydrogen-bond donors (Lipinski definition) is 2. The molecule has 2 nitrogen and oxygen atoms in total. The minimum atomic E-state index is -0.0926. The van der Waals surface area contributed by atoms with Gasteiger partial charge in [0.1, 0.15) is 0 Å². The normalized spacial score (nSPS) is 46.3. The van der Waals surface area contributed by atoms with Crippen molar-refractivity contribution in [3.63, 3.8) is 0 Å². The molecule has 9 atom stereocenters. The highest BCUT2D eigenvalue weighted by molar-refractivity contribution is 5.25. The maximum atomic E-state index is 10.2. The first-order valence-corrected chi connectivity index (χ1v) is 12.8. The molecule has 166 valence electrons. The third-order valence-corrected chi connectivity index (χ3v) is 10.5. The molecule has 0 heterocycles. The van der Waals surface area contributed by atoms with E-state index in [9.17, 15) is 10.2 Å². The van der Waals surface area contributed by atoms with Gasteiger partial charge >= 0.3 is 0 Å². The van der Waals surface area contributed by atoms with Gasteiger partial charge in [-0.1, -0.05) is 52.2 Å². The SMILES string of the molecule is C[C@@H](CO)CCC[C@@H](C)[C@H]1CC[C@H]2[C@@H]3CC=C4CC(O)CC[C@]4(C)[C@H]3CC[C@]12C. The topological polar surface area (TPSA) is 40.5 Å². The molecule has 4 rings (SSSR count). The van der Waals surface area contributed by atoms with Crippen LogP contribution in [0.25, 0.3) is 0 Å². The molecule has 0 amide bonds. The molecule has 0 aromatic heterocycles. The van der Waals surface area contributed by atoms with Gasteiger partial charge in [0.05, 0.1) is 6.10 Å². The fraction of sp³-hybridized carbons (Fsp3) is 0.926. The molecule has 29 heavy (non-hydrogen) atoms. The predicted molar refractivity (Wildman–Crippen MR) is 120 cm³/mol. The molecule has 4 aliphatic rings. The summed E-state index contributed by atoms with van der Waals surface area (Å²) in [5, 5.41) is 19.5. The van der Waals surface area contributed by atoms with E-state index in [-0.39, 0.29) is 6.10 Å². The van der Waals surface area contributed by atoms with Gasteiger partial charge in [0.2, 0.25) is 0 Å². The molecule has 3 saturated carbocycles. The summed E-state index contributed by atoms with van der Waals surface area (Å²) in [6, 6.07) is 0. The zero-order chi connectivity index (χ0) is 20.8. The number of aliphatic hydroxyl groups excluding tert-OH is 2. The average Bonchev–Trinajstić information content (AvgIpc) is 3.05. The van der Waals surface area contributed by atoms with Gasteiger partial charge in [0.15, 0.2) is 0 Å². The Labute approximate surface area is 179 Å². The van der Waals surface area contributed by atoms with Crippen molar-refractivity contribution in [2.75, 3.05) is 6.61 Å². The predicted octanol–water partition coefficient (Wildman–Crippen LogP) is 6.36. The van der Waals surface area contributed by atoms with E-state index in [0.29, 0.717) is 23.4 Å². The zero-order valence-electron chi connectivity index (χ0n) is 19.5. The number of allylic oxidation sites excluding steroid dienone is 1. The van der Waals surface area contributed by atoms with E-state index in [0.717, 1.165) is 42.4 Å². The van der Waals surface area contributed by atoms with E-state index in [4.69, 9.17) is 0 Å². The summed E-state index contributed by atoms with van der Waals surface area (Å²) in [7, 11) is 0. The zero-order valence-corrected chi connectivity index (χ0v) is 19.5. The largest absolute Gasteiger partial charge is 0.396 e. The van der Waals surface area contributed by atoms with Crippen LogP contribution in [0.4, 0.5) is 0 Å². The lowest BCUT2D eigenvalue weighted by molar-refractivity contribution is -0.0573. The van der Waals surface area contributed by atoms with Crippen molar-refractivity contribution >= 4 is 0 Å². The summed E-state index contributed by atoms with van der Waals surface area (Å²) >= 11 is 0. The average molecular weight is 403 g/mol. The Balaban J connectivity index is 1.46. The maximum Gasteiger partial charge on any atom is 0.0577 e. The second-order valence-electron chi connectivity index (χ2n) is 12.1. The lowest BCUT2D eigenvalue weighted by atomic mass is 9.47. The van der Waals surface area contributed by atoms with E-state index in [2.05, 4.69) is 33.8 Å². The van der Waals surface area contributed by atoms with Gasteiger partial charge in [0.25, 0.3) is 0 Å². The van der Waals surface area contributed by atoms with Crippen LogP contribution in [-0.2, 0) is 0 Å². The summed E-state index contributed by atoms with van der Waals surface area (Å²) in [5.41, 5.74) is 2.51. The van der Waals surface area contributed by atoms with Gasteiger partial charge < -0.3 is 10.2 Å². The van der Waals surface area contributed by atoms with E-state index >= 15 is 0 Å². The lowest BCUT2D eigenvalue weighted by Gasteiger charge is -2.58. The van der Waals surface area contributed by atoms with Gasteiger partial charge in [-0.3, -0.25) is 0 Å². The molecular weight excluding hydrogens is 356 g/mol. The summed E-state index contributed by atoms with van der Waals surface area (Å²) in [4.78, 5) is 0. The molecule has 4 aliphatic carbocycles. The van der Waals surface area contributed by atoms with Crippen LogP contribution >= 0.6 is 0 Å². The van der Waals surface area contributed by atoms with Gasteiger partial charge in [-0.15, -0.1) is 0 Å². The van der Waals surface area contributed by atoms with E-state index in [1.54, 1.807) is 5.57 Å². The van der Waals surface area contributed by atoms with Crippen molar-refractivity contribution in [1.82, 2.24) is 0 Å². The summed E-state index contributed by atoms with van der Waals surface area (Å²) in [5.74, 6) is 4.82. The first-order chi connectivity index (χ1) is 13.8. The number of hydrogen-bond acceptors (Lipinski definition) is 2. The van der Waals surface area contributed by atoms with Crippen LogP contribution in [-0.4, -0.2) is 22.9 Å². The molecule has 2 heteroatoms. The highest BCUT2D eigenvalue weighted by atomic mass is 16.3. The quantitative estimate of drug-likeness (QED) is 0.507. The molecule has 0 aromatic rings. The third-order valence-electron chi connectivity index (χ3n) is 10.5. The molecule has 0 spiro atoms. The van der Waals surface area contributed by atoms with Crippen molar-refractivity contribution in [2.45, 2.75) is 104 Å². The second kappa shape index (κ2) is 8.30. The highest BCUT2D eigenvalue weighted by Crippen LogP contribution is 2.67. The van der Waals surface area contributed by atoms with Crippen molar-refractivity contribution < 1.29 is 10.2 Å². The van der Waals surface area contributed by atoms with Gasteiger partial charge in [-0.2, -0.15) is 0 Å². The highest BCUT2D eigenvalue weighted by Gasteiger charge is 2.59. The van der Waals surface area contributed by atoms with Gasteiger partial charge in [-0.05, 0) is 104 Å². The van der Waals surface area contributed by atoms with Crippen molar-refractivity contribution in [1.29, 1.82) is 0 Å². The summed E-state index contributed by atoms with van der Waals surface area (Å²) in [6.07, 6.45) is 16.4. The summed E-state index contributed by atoms with van der Waals surface area (Å²) in [6.45, 7) is 10.2. The standard InChI is InChI=1S/C27H46O2/c1-18(17-28)6-5-7-19(2)23-10-11-24-22-9-8-20-16-21(29)12-14-26(20,3)25(22)13-15-27(23,24)4/h8,18-19,21-25,28-29H,5-7,9-17H2,1-4H3/t18-,19-,21?,22+,23-,24+,25+,26+,27-/m1/s1. The van der Waals surface area contributed by atoms with Crippen LogP contribution < -0.4 is 0 Å². The molecule has 0 bridgehead atoms. The fourth-order valence-corrected chi connectivity index (χ4v) is 8.70. The monoisotopic (exact) mass is 402 g/mol. The van der Waals surface area contributed by atoms with Gasteiger partial charge in [-0.25, -0.2) is 0 Å². The van der Waals surface area contributed by atoms with E-state index < -0.39 is 0 Å². The molecular formula is C27H46O2. The first kappa shape index (κ1) is 21.9. The minimum absolute atomic E-state index is 0.0926. The van der Waals surface area contributed by atoms with Crippen LogP contribution in [0.5, 0.6) is 0 Å². The number of aliphatic hydroxyl groups is 2. The number of rotatable bonds is 6.